The summed E-state index contributed by atoms with van der Waals surface area (Å²) < 4.78 is 11.1. The molecular weight excluding hydrogens is 280 g/mol. The Labute approximate surface area is 130 Å². The molecule has 0 saturated heterocycles. The molecule has 0 spiro atoms. The lowest BCUT2D eigenvalue weighted by molar-refractivity contribution is -0.115. The summed E-state index contributed by atoms with van der Waals surface area (Å²) in [6.07, 6.45) is 0. The fourth-order valence-corrected chi connectivity index (χ4v) is 1.84. The third-order valence-corrected chi connectivity index (χ3v) is 2.84. The maximum Gasteiger partial charge on any atom is 0.238 e. The highest BCUT2D eigenvalue weighted by Crippen LogP contribution is 2.15. The van der Waals surface area contributed by atoms with Gasteiger partial charge in [-0.3, -0.25) is 4.79 Å². The zero-order valence-electron chi connectivity index (χ0n) is 12.5. The third-order valence-electron chi connectivity index (χ3n) is 2.84. The molecule has 0 unspecified atom stereocenters. The molecule has 22 heavy (non-hydrogen) atoms. The van der Waals surface area contributed by atoms with Crippen molar-refractivity contribution < 1.29 is 14.3 Å². The van der Waals surface area contributed by atoms with E-state index < -0.39 is 0 Å². The molecule has 2 rings (SSSR count). The molecule has 2 N–H and O–H groups in total. The van der Waals surface area contributed by atoms with E-state index in [0.717, 1.165) is 17.2 Å². The van der Waals surface area contributed by atoms with Crippen molar-refractivity contribution >= 4 is 11.6 Å². The molecule has 5 heteroatoms. The zero-order valence-corrected chi connectivity index (χ0v) is 12.5. The van der Waals surface area contributed by atoms with Crippen LogP contribution in [0.5, 0.6) is 11.5 Å². The summed E-state index contributed by atoms with van der Waals surface area (Å²) >= 11 is 0. The van der Waals surface area contributed by atoms with Crippen LogP contribution < -0.4 is 20.1 Å². The van der Waals surface area contributed by atoms with Gasteiger partial charge in [0.1, 0.15) is 24.7 Å². The van der Waals surface area contributed by atoms with Gasteiger partial charge in [0.25, 0.3) is 0 Å². The van der Waals surface area contributed by atoms with E-state index in [1.165, 1.54) is 0 Å². The Kier molecular flexibility index (Phi) is 6.26. The van der Waals surface area contributed by atoms with Crippen molar-refractivity contribution in [3.8, 4) is 11.5 Å². The van der Waals surface area contributed by atoms with Crippen molar-refractivity contribution in [1.82, 2.24) is 5.32 Å². The first-order valence-corrected chi connectivity index (χ1v) is 7.13. The van der Waals surface area contributed by atoms with E-state index in [4.69, 9.17) is 9.47 Å². The van der Waals surface area contributed by atoms with Gasteiger partial charge in [-0.25, -0.2) is 0 Å². The normalized spacial score (nSPS) is 10.0. The molecule has 0 aliphatic carbocycles. The van der Waals surface area contributed by atoms with Crippen molar-refractivity contribution in [2.75, 3.05) is 32.1 Å². The largest absolute Gasteiger partial charge is 0.490 e. The maximum absolute atomic E-state index is 11.4. The maximum atomic E-state index is 11.4. The van der Waals surface area contributed by atoms with Crippen LogP contribution in [-0.2, 0) is 4.79 Å². The summed E-state index contributed by atoms with van der Waals surface area (Å²) in [4.78, 5) is 11.4. The SMILES string of the molecule is CNCC(=O)Nc1ccc(OCCOc2ccccc2)cc1. The number of carbonyl (C=O) groups excluding carboxylic acids is 1. The summed E-state index contributed by atoms with van der Waals surface area (Å²) in [5.74, 6) is 1.49. The number of hydrogen-bond acceptors (Lipinski definition) is 4. The Hall–Kier alpha value is -2.53. The van der Waals surface area contributed by atoms with Crippen LogP contribution in [0.3, 0.4) is 0 Å². The molecule has 0 atom stereocenters. The number of ether oxygens (including phenoxy) is 2. The standard InChI is InChI=1S/C17H20N2O3/c1-18-13-17(20)19-14-7-9-16(10-8-14)22-12-11-21-15-5-3-2-4-6-15/h2-10,18H,11-13H2,1H3,(H,19,20). The second-order valence-corrected chi connectivity index (χ2v) is 4.61. The van der Waals surface area contributed by atoms with E-state index in [1.54, 1.807) is 19.2 Å². The molecule has 0 aliphatic rings. The van der Waals surface area contributed by atoms with E-state index in [2.05, 4.69) is 10.6 Å². The fraction of sp³-hybridized carbons (Fsp3) is 0.235. The summed E-state index contributed by atoms with van der Waals surface area (Å²) in [6, 6.07) is 16.9. The summed E-state index contributed by atoms with van der Waals surface area (Å²) in [7, 11) is 1.73. The van der Waals surface area contributed by atoms with Crippen LogP contribution in [0.2, 0.25) is 0 Å². The van der Waals surface area contributed by atoms with Crippen LogP contribution in [0, 0.1) is 0 Å². The molecule has 2 aromatic carbocycles. The Bertz CT molecular complexity index is 570. The van der Waals surface area contributed by atoms with Gasteiger partial charge >= 0.3 is 0 Å². The quantitative estimate of drug-likeness (QED) is 0.735. The van der Waals surface area contributed by atoms with Crippen molar-refractivity contribution in [3.63, 3.8) is 0 Å². The molecule has 5 nitrogen and oxygen atoms in total. The van der Waals surface area contributed by atoms with Crippen LogP contribution in [0.25, 0.3) is 0 Å². The Morgan fingerprint density at radius 1 is 0.909 bits per heavy atom. The molecule has 0 bridgehead atoms. The summed E-state index contributed by atoms with van der Waals surface area (Å²) in [6.45, 7) is 1.22. The van der Waals surface area contributed by atoms with Crippen LogP contribution in [0.15, 0.2) is 54.6 Å². The Morgan fingerprint density at radius 3 is 2.09 bits per heavy atom. The van der Waals surface area contributed by atoms with Gasteiger partial charge in [0.05, 0.1) is 6.54 Å². The Morgan fingerprint density at radius 2 is 1.50 bits per heavy atom. The lowest BCUT2D eigenvalue weighted by Gasteiger charge is -2.09. The third kappa shape index (κ3) is 5.46. The van der Waals surface area contributed by atoms with Crippen LogP contribution >= 0.6 is 0 Å². The van der Waals surface area contributed by atoms with Crippen LogP contribution in [-0.4, -0.2) is 32.7 Å². The highest BCUT2D eigenvalue weighted by Gasteiger charge is 2.01. The minimum absolute atomic E-state index is 0.0765. The monoisotopic (exact) mass is 300 g/mol. The van der Waals surface area contributed by atoms with Crippen LogP contribution in [0.1, 0.15) is 0 Å². The van der Waals surface area contributed by atoms with Gasteiger partial charge in [0, 0.05) is 5.69 Å². The van der Waals surface area contributed by atoms with E-state index >= 15 is 0 Å². The van der Waals surface area contributed by atoms with Crippen LogP contribution in [0.4, 0.5) is 5.69 Å². The summed E-state index contributed by atoms with van der Waals surface area (Å²) in [5.41, 5.74) is 0.744. The van der Waals surface area contributed by atoms with E-state index in [9.17, 15) is 4.79 Å². The lowest BCUT2D eigenvalue weighted by atomic mass is 10.3. The minimum atomic E-state index is -0.0765. The predicted molar refractivity (Wildman–Crippen MR) is 86.4 cm³/mol. The zero-order chi connectivity index (χ0) is 15.6. The number of nitrogens with one attached hydrogen (secondary N) is 2. The number of carbonyl (C=O) groups is 1. The molecule has 0 saturated carbocycles. The smallest absolute Gasteiger partial charge is 0.238 e. The number of anilines is 1. The average molecular weight is 300 g/mol. The summed E-state index contributed by atoms with van der Waals surface area (Å²) in [5, 5.41) is 5.57. The first-order chi connectivity index (χ1) is 10.8. The van der Waals surface area contributed by atoms with Gasteiger partial charge in [0.15, 0.2) is 0 Å². The Balaban J connectivity index is 1.71. The highest BCUT2D eigenvalue weighted by atomic mass is 16.5. The second-order valence-electron chi connectivity index (χ2n) is 4.61. The molecular formula is C17H20N2O3. The fourth-order valence-electron chi connectivity index (χ4n) is 1.84. The molecule has 0 aromatic heterocycles. The van der Waals surface area contributed by atoms with Crippen molar-refractivity contribution in [3.05, 3.63) is 54.6 Å². The number of para-hydroxylation sites is 1. The van der Waals surface area contributed by atoms with Gasteiger partial charge in [0.2, 0.25) is 5.91 Å². The van der Waals surface area contributed by atoms with E-state index in [-0.39, 0.29) is 12.5 Å². The molecule has 2 aromatic rings. The van der Waals surface area contributed by atoms with Crippen molar-refractivity contribution in [2.45, 2.75) is 0 Å². The molecule has 0 fully saturated rings. The second kappa shape index (κ2) is 8.69. The first-order valence-electron chi connectivity index (χ1n) is 7.13. The number of benzene rings is 2. The van der Waals surface area contributed by atoms with Crippen molar-refractivity contribution in [1.29, 1.82) is 0 Å². The van der Waals surface area contributed by atoms with E-state index in [1.807, 2.05) is 42.5 Å². The molecule has 116 valence electrons. The lowest BCUT2D eigenvalue weighted by Crippen LogP contribution is -2.24. The number of amides is 1. The molecule has 1 amide bonds. The van der Waals surface area contributed by atoms with Gasteiger partial charge in [-0.2, -0.15) is 0 Å². The van der Waals surface area contributed by atoms with Gasteiger partial charge < -0.3 is 20.1 Å². The van der Waals surface area contributed by atoms with Crippen molar-refractivity contribution in [2.24, 2.45) is 0 Å². The van der Waals surface area contributed by atoms with Gasteiger partial charge in [-0.15, -0.1) is 0 Å². The average Bonchev–Trinajstić information content (AvgIpc) is 2.54. The number of hydrogen-bond donors (Lipinski definition) is 2. The molecule has 0 aliphatic heterocycles. The van der Waals surface area contributed by atoms with E-state index in [0.29, 0.717) is 13.2 Å². The molecule has 0 radical (unpaired) electrons. The highest BCUT2D eigenvalue weighted by molar-refractivity contribution is 5.92. The number of likely N-dealkylation sites (N-methyl/N-ethyl adjacent to an activating group) is 1. The number of rotatable bonds is 8. The van der Waals surface area contributed by atoms with Gasteiger partial charge in [-0.1, -0.05) is 18.2 Å². The predicted octanol–water partition coefficient (Wildman–Crippen LogP) is 2.30. The van der Waals surface area contributed by atoms with Gasteiger partial charge in [-0.05, 0) is 43.4 Å². The molecule has 0 heterocycles. The minimum Gasteiger partial charge on any atom is -0.490 e. The topological polar surface area (TPSA) is 59.6 Å². The first kappa shape index (κ1) is 15.9.